The lowest BCUT2D eigenvalue weighted by Crippen LogP contribution is -2.46. The molecule has 3 amide bonds. The smallest absolute Gasteiger partial charge is 0.326 e. The Morgan fingerprint density at radius 3 is 2.59 bits per heavy atom. The zero-order chi connectivity index (χ0) is 20.0. The Morgan fingerprint density at radius 1 is 1.19 bits per heavy atom. The SMILES string of the molecule is CCCNC(=O)[C@@H](C)NC(=O)COC(=O)CN1C(=O)C(=O)c2ccccc21. The molecule has 0 fully saturated rings. The second-order valence-corrected chi connectivity index (χ2v) is 5.98. The summed E-state index contributed by atoms with van der Waals surface area (Å²) in [4.78, 5) is 60.3. The number of hydrogen-bond acceptors (Lipinski definition) is 6. The summed E-state index contributed by atoms with van der Waals surface area (Å²) in [5.41, 5.74) is 0.551. The summed E-state index contributed by atoms with van der Waals surface area (Å²) in [5, 5.41) is 5.04. The summed E-state index contributed by atoms with van der Waals surface area (Å²) < 4.78 is 4.84. The van der Waals surface area contributed by atoms with E-state index in [0.29, 0.717) is 12.2 Å². The molecule has 0 saturated heterocycles. The van der Waals surface area contributed by atoms with Gasteiger partial charge in [-0.25, -0.2) is 0 Å². The Bertz CT molecular complexity index is 776. The van der Waals surface area contributed by atoms with Crippen LogP contribution in [0.4, 0.5) is 5.69 Å². The molecule has 1 atom stereocenters. The van der Waals surface area contributed by atoms with Crippen LogP contribution in [0.1, 0.15) is 30.6 Å². The number of nitrogens with zero attached hydrogens (tertiary/aromatic N) is 1. The summed E-state index contributed by atoms with van der Waals surface area (Å²) in [5.74, 6) is -3.34. The molecule has 0 saturated carbocycles. The average molecular weight is 375 g/mol. The van der Waals surface area contributed by atoms with Gasteiger partial charge in [-0.1, -0.05) is 19.1 Å². The highest BCUT2D eigenvalue weighted by molar-refractivity contribution is 6.52. The lowest BCUT2D eigenvalue weighted by molar-refractivity contribution is -0.147. The molecule has 1 aliphatic rings. The van der Waals surface area contributed by atoms with Crippen molar-refractivity contribution in [2.45, 2.75) is 26.3 Å². The van der Waals surface area contributed by atoms with E-state index in [4.69, 9.17) is 4.74 Å². The maximum Gasteiger partial charge on any atom is 0.326 e. The van der Waals surface area contributed by atoms with Crippen LogP contribution in [0.15, 0.2) is 24.3 Å². The second-order valence-electron chi connectivity index (χ2n) is 5.98. The first-order valence-corrected chi connectivity index (χ1v) is 8.53. The number of esters is 1. The van der Waals surface area contributed by atoms with Gasteiger partial charge >= 0.3 is 5.97 Å². The van der Waals surface area contributed by atoms with Gasteiger partial charge in [0.05, 0.1) is 11.3 Å². The molecule has 144 valence electrons. The summed E-state index contributed by atoms with van der Waals surface area (Å²) in [6, 6.07) is 5.54. The number of para-hydroxylation sites is 1. The number of benzene rings is 1. The van der Waals surface area contributed by atoms with E-state index >= 15 is 0 Å². The van der Waals surface area contributed by atoms with Crippen molar-refractivity contribution in [2.75, 3.05) is 24.6 Å². The van der Waals surface area contributed by atoms with E-state index in [0.717, 1.165) is 11.3 Å². The molecule has 0 radical (unpaired) electrons. The number of carbonyl (C=O) groups is 5. The Hall–Kier alpha value is -3.23. The number of Topliss-reactive ketones (excluding diaryl/α,β-unsaturated/α-hetero) is 1. The van der Waals surface area contributed by atoms with E-state index in [2.05, 4.69) is 10.6 Å². The maximum atomic E-state index is 12.0. The zero-order valence-electron chi connectivity index (χ0n) is 15.1. The second kappa shape index (κ2) is 8.93. The third-order valence-corrected chi connectivity index (χ3v) is 3.85. The molecule has 1 aromatic rings. The van der Waals surface area contributed by atoms with Gasteiger partial charge in [0.2, 0.25) is 5.91 Å². The number of ether oxygens (including phenoxy) is 1. The number of nitrogens with one attached hydrogen (secondary N) is 2. The molecule has 1 aromatic carbocycles. The topological polar surface area (TPSA) is 122 Å². The summed E-state index contributed by atoms with van der Waals surface area (Å²) >= 11 is 0. The van der Waals surface area contributed by atoms with Crippen LogP contribution in [0.3, 0.4) is 0 Å². The van der Waals surface area contributed by atoms with Crippen LogP contribution in [0.5, 0.6) is 0 Å². The minimum absolute atomic E-state index is 0.222. The van der Waals surface area contributed by atoms with E-state index < -0.39 is 42.8 Å². The van der Waals surface area contributed by atoms with Gasteiger partial charge in [-0.3, -0.25) is 28.9 Å². The molecular weight excluding hydrogens is 354 g/mol. The van der Waals surface area contributed by atoms with E-state index in [1.54, 1.807) is 18.2 Å². The van der Waals surface area contributed by atoms with Crippen molar-refractivity contribution in [1.82, 2.24) is 10.6 Å². The lowest BCUT2D eigenvalue weighted by Gasteiger charge is -2.16. The van der Waals surface area contributed by atoms with Gasteiger partial charge in [-0.05, 0) is 25.5 Å². The number of ketones is 1. The fraction of sp³-hybridized carbons (Fsp3) is 0.389. The number of anilines is 1. The highest BCUT2D eigenvalue weighted by Crippen LogP contribution is 2.28. The van der Waals surface area contributed by atoms with Crippen molar-refractivity contribution in [2.24, 2.45) is 0 Å². The molecule has 0 bridgehead atoms. The highest BCUT2D eigenvalue weighted by Gasteiger charge is 2.36. The van der Waals surface area contributed by atoms with E-state index in [1.807, 2.05) is 6.92 Å². The van der Waals surface area contributed by atoms with Crippen LogP contribution in [0.25, 0.3) is 0 Å². The van der Waals surface area contributed by atoms with Crippen LogP contribution in [-0.2, 0) is 23.9 Å². The number of rotatable bonds is 8. The molecule has 9 nitrogen and oxygen atoms in total. The van der Waals surface area contributed by atoms with Crippen LogP contribution < -0.4 is 15.5 Å². The predicted octanol–water partition coefficient (Wildman–Crippen LogP) is -0.210. The van der Waals surface area contributed by atoms with Gasteiger partial charge in [0.15, 0.2) is 6.61 Å². The third kappa shape index (κ3) is 4.90. The predicted molar refractivity (Wildman–Crippen MR) is 95.0 cm³/mol. The summed E-state index contributed by atoms with van der Waals surface area (Å²) in [7, 11) is 0. The van der Waals surface area contributed by atoms with Gasteiger partial charge in [0, 0.05) is 6.54 Å². The van der Waals surface area contributed by atoms with Crippen LogP contribution in [0.2, 0.25) is 0 Å². The quantitative estimate of drug-likeness (QED) is 0.479. The largest absolute Gasteiger partial charge is 0.454 e. The van der Waals surface area contributed by atoms with E-state index in [9.17, 15) is 24.0 Å². The van der Waals surface area contributed by atoms with Crippen LogP contribution in [-0.4, -0.2) is 55.2 Å². The Morgan fingerprint density at radius 2 is 1.89 bits per heavy atom. The molecule has 1 heterocycles. The first-order chi connectivity index (χ1) is 12.8. The normalized spacial score (nSPS) is 13.8. The lowest BCUT2D eigenvalue weighted by atomic mass is 10.1. The molecule has 0 aromatic heterocycles. The number of carbonyl (C=O) groups excluding carboxylic acids is 5. The van der Waals surface area contributed by atoms with Gasteiger partial charge in [-0.2, -0.15) is 0 Å². The molecule has 0 spiro atoms. The number of fused-ring (bicyclic) bond motifs is 1. The van der Waals surface area contributed by atoms with Crippen molar-refractivity contribution < 1.29 is 28.7 Å². The van der Waals surface area contributed by atoms with Crippen molar-refractivity contribution in [3.05, 3.63) is 29.8 Å². The Labute approximate surface area is 156 Å². The number of hydrogen-bond donors (Lipinski definition) is 2. The minimum atomic E-state index is -0.842. The molecule has 0 aliphatic carbocycles. The zero-order valence-corrected chi connectivity index (χ0v) is 15.1. The van der Waals surface area contributed by atoms with Gasteiger partial charge in [0.1, 0.15) is 12.6 Å². The number of amides is 3. The van der Waals surface area contributed by atoms with Crippen LogP contribution >= 0.6 is 0 Å². The molecule has 0 unspecified atom stereocenters. The highest BCUT2D eigenvalue weighted by atomic mass is 16.5. The summed E-state index contributed by atoms with van der Waals surface area (Å²) in [6.45, 7) is 2.83. The van der Waals surface area contributed by atoms with Crippen molar-refractivity contribution in [3.8, 4) is 0 Å². The van der Waals surface area contributed by atoms with E-state index in [-0.39, 0.29) is 11.5 Å². The molecule has 9 heteroatoms. The Kier molecular flexibility index (Phi) is 6.64. The van der Waals surface area contributed by atoms with Gasteiger partial charge in [0.25, 0.3) is 17.6 Å². The first-order valence-electron chi connectivity index (χ1n) is 8.53. The first kappa shape index (κ1) is 20.1. The monoisotopic (exact) mass is 375 g/mol. The fourth-order valence-electron chi connectivity index (χ4n) is 2.48. The average Bonchev–Trinajstić information content (AvgIpc) is 2.89. The molecule has 27 heavy (non-hydrogen) atoms. The van der Waals surface area contributed by atoms with Crippen molar-refractivity contribution >= 4 is 35.2 Å². The maximum absolute atomic E-state index is 12.0. The van der Waals surface area contributed by atoms with Crippen molar-refractivity contribution in [3.63, 3.8) is 0 Å². The van der Waals surface area contributed by atoms with Gasteiger partial charge in [-0.15, -0.1) is 0 Å². The van der Waals surface area contributed by atoms with Gasteiger partial charge < -0.3 is 15.4 Å². The molecule has 2 N–H and O–H groups in total. The molecule has 2 rings (SSSR count). The van der Waals surface area contributed by atoms with Crippen LogP contribution in [0, 0.1) is 0 Å². The molecular formula is C18H21N3O6. The Balaban J connectivity index is 1.83. The summed E-state index contributed by atoms with van der Waals surface area (Å²) in [6.07, 6.45) is 0.769. The third-order valence-electron chi connectivity index (χ3n) is 3.85. The van der Waals surface area contributed by atoms with E-state index in [1.165, 1.54) is 13.0 Å². The standard InChI is InChI=1S/C18H21N3O6/c1-3-8-19-17(25)11(2)20-14(22)10-27-15(23)9-21-13-7-5-4-6-12(13)16(24)18(21)26/h4-7,11H,3,8-10H2,1-2H3,(H,19,25)(H,20,22)/t11-/m1/s1. The molecule has 1 aliphatic heterocycles. The fourth-order valence-corrected chi connectivity index (χ4v) is 2.48. The van der Waals surface area contributed by atoms with Crippen molar-refractivity contribution in [1.29, 1.82) is 0 Å². The minimum Gasteiger partial charge on any atom is -0.454 e.